The van der Waals surface area contributed by atoms with Gasteiger partial charge in [0, 0.05) is 5.56 Å². The average molecular weight is 393 g/mol. The smallest absolute Gasteiger partial charge is 0.325 e. The molecule has 1 aliphatic carbocycles. The number of benzene rings is 2. The molecule has 1 amide bonds. The molecule has 0 saturated heterocycles. The number of rotatable bonds is 8. The molecule has 2 aromatic carbocycles. The Balaban J connectivity index is 1.39. The molecule has 0 unspecified atom stereocenters. The van der Waals surface area contributed by atoms with E-state index in [0.717, 1.165) is 5.56 Å². The third-order valence-corrected chi connectivity index (χ3v) is 5.31. The molecule has 0 spiro atoms. The van der Waals surface area contributed by atoms with Crippen molar-refractivity contribution in [1.82, 2.24) is 5.32 Å². The van der Waals surface area contributed by atoms with Crippen LogP contribution < -0.4 is 5.32 Å². The number of Topliss-reactive ketones (excluding diaryl/α,β-unsaturated/α-hetero) is 1. The fourth-order valence-electron chi connectivity index (χ4n) is 3.67. The average Bonchev–Trinajstić information content (AvgIpc) is 2.77. The van der Waals surface area contributed by atoms with Gasteiger partial charge < -0.3 is 10.1 Å². The lowest BCUT2D eigenvalue weighted by Crippen LogP contribution is -2.32. The lowest BCUT2D eigenvalue weighted by atomic mass is 9.84. The first-order valence-corrected chi connectivity index (χ1v) is 10.2. The molecule has 0 bridgehead atoms. The van der Waals surface area contributed by atoms with Crippen molar-refractivity contribution in [2.45, 2.75) is 44.4 Å². The first-order chi connectivity index (χ1) is 14.1. The van der Waals surface area contributed by atoms with Crippen molar-refractivity contribution in [2.75, 3.05) is 13.2 Å². The lowest BCUT2D eigenvalue weighted by Gasteiger charge is -2.22. The van der Waals surface area contributed by atoms with Crippen molar-refractivity contribution < 1.29 is 19.1 Å². The summed E-state index contributed by atoms with van der Waals surface area (Å²) in [6, 6.07) is 16.9. The van der Waals surface area contributed by atoms with E-state index < -0.39 is 5.97 Å². The molecule has 1 N–H and O–H groups in total. The van der Waals surface area contributed by atoms with Gasteiger partial charge in [-0.2, -0.15) is 0 Å². The summed E-state index contributed by atoms with van der Waals surface area (Å²) in [5.41, 5.74) is 2.68. The number of ether oxygens (including phenoxy) is 1. The predicted molar refractivity (Wildman–Crippen MR) is 111 cm³/mol. The van der Waals surface area contributed by atoms with Gasteiger partial charge in [0.1, 0.15) is 6.54 Å². The Morgan fingerprint density at radius 3 is 2.28 bits per heavy atom. The van der Waals surface area contributed by atoms with Crippen LogP contribution >= 0.6 is 0 Å². The van der Waals surface area contributed by atoms with Gasteiger partial charge in [-0.1, -0.05) is 73.9 Å². The van der Waals surface area contributed by atoms with Crippen LogP contribution in [0.1, 0.15) is 59.5 Å². The number of hydrogen-bond acceptors (Lipinski definition) is 4. The Labute approximate surface area is 171 Å². The molecule has 0 heterocycles. The van der Waals surface area contributed by atoms with E-state index in [4.69, 9.17) is 4.74 Å². The molecule has 0 radical (unpaired) electrons. The fraction of sp³-hybridized carbons (Fsp3) is 0.375. The SMILES string of the molecule is O=C(Cc1ccccc1)NCC(=O)OCC(=O)c1ccc(C2CCCCC2)cc1. The monoisotopic (exact) mass is 393 g/mol. The summed E-state index contributed by atoms with van der Waals surface area (Å²) in [7, 11) is 0. The van der Waals surface area contributed by atoms with E-state index in [2.05, 4.69) is 5.32 Å². The molecule has 5 heteroatoms. The van der Waals surface area contributed by atoms with Crippen molar-refractivity contribution in [3.05, 3.63) is 71.3 Å². The van der Waals surface area contributed by atoms with Gasteiger partial charge in [-0.3, -0.25) is 14.4 Å². The van der Waals surface area contributed by atoms with E-state index in [-0.39, 0.29) is 31.3 Å². The van der Waals surface area contributed by atoms with Gasteiger partial charge in [0.15, 0.2) is 12.4 Å². The van der Waals surface area contributed by atoms with Crippen LogP contribution in [0.25, 0.3) is 0 Å². The van der Waals surface area contributed by atoms with Crippen molar-refractivity contribution in [3.63, 3.8) is 0 Å². The maximum Gasteiger partial charge on any atom is 0.325 e. The van der Waals surface area contributed by atoms with Gasteiger partial charge in [-0.15, -0.1) is 0 Å². The van der Waals surface area contributed by atoms with Crippen molar-refractivity contribution in [1.29, 1.82) is 0 Å². The minimum atomic E-state index is -0.626. The quantitative estimate of drug-likeness (QED) is 0.547. The van der Waals surface area contributed by atoms with Crippen molar-refractivity contribution in [2.24, 2.45) is 0 Å². The second kappa shape index (κ2) is 10.6. The molecule has 0 aliphatic heterocycles. The first-order valence-electron chi connectivity index (χ1n) is 10.2. The second-order valence-corrected chi connectivity index (χ2v) is 7.48. The summed E-state index contributed by atoms with van der Waals surface area (Å²) in [4.78, 5) is 35.9. The maximum atomic E-state index is 12.3. The van der Waals surface area contributed by atoms with Gasteiger partial charge in [0.2, 0.25) is 5.91 Å². The van der Waals surface area contributed by atoms with Crippen LogP contribution in [0.4, 0.5) is 0 Å². The number of carbonyl (C=O) groups excluding carboxylic acids is 3. The largest absolute Gasteiger partial charge is 0.456 e. The molecular weight excluding hydrogens is 366 g/mol. The van der Waals surface area contributed by atoms with E-state index in [1.165, 1.54) is 37.7 Å². The third-order valence-electron chi connectivity index (χ3n) is 5.31. The molecule has 1 aliphatic rings. The third kappa shape index (κ3) is 6.56. The molecule has 3 rings (SSSR count). The van der Waals surface area contributed by atoms with Crippen LogP contribution in [0.3, 0.4) is 0 Å². The van der Waals surface area contributed by atoms with Crippen LogP contribution in [-0.2, 0) is 20.7 Å². The van der Waals surface area contributed by atoms with E-state index in [0.29, 0.717) is 11.5 Å². The fourth-order valence-corrected chi connectivity index (χ4v) is 3.67. The highest BCUT2D eigenvalue weighted by atomic mass is 16.5. The van der Waals surface area contributed by atoms with E-state index >= 15 is 0 Å². The van der Waals surface area contributed by atoms with E-state index in [1.807, 2.05) is 54.6 Å². The Morgan fingerprint density at radius 2 is 1.59 bits per heavy atom. The Kier molecular flexibility index (Phi) is 7.56. The Hall–Kier alpha value is -2.95. The zero-order valence-corrected chi connectivity index (χ0v) is 16.6. The zero-order valence-electron chi connectivity index (χ0n) is 16.6. The second-order valence-electron chi connectivity index (χ2n) is 7.48. The number of amides is 1. The number of ketones is 1. The minimum absolute atomic E-state index is 0.195. The normalized spacial score (nSPS) is 14.2. The zero-order chi connectivity index (χ0) is 20.5. The summed E-state index contributed by atoms with van der Waals surface area (Å²) in [6.07, 6.45) is 6.46. The topological polar surface area (TPSA) is 72.5 Å². The van der Waals surface area contributed by atoms with Gasteiger partial charge in [-0.25, -0.2) is 0 Å². The van der Waals surface area contributed by atoms with Gasteiger partial charge >= 0.3 is 5.97 Å². The van der Waals surface area contributed by atoms with Gasteiger partial charge in [0.25, 0.3) is 0 Å². The number of esters is 1. The summed E-state index contributed by atoms with van der Waals surface area (Å²) in [6.45, 7) is -0.574. The molecule has 29 heavy (non-hydrogen) atoms. The predicted octanol–water partition coefficient (Wildman–Crippen LogP) is 3.82. The van der Waals surface area contributed by atoms with Crippen LogP contribution in [0.2, 0.25) is 0 Å². The van der Waals surface area contributed by atoms with Crippen molar-refractivity contribution >= 4 is 17.7 Å². The summed E-state index contributed by atoms with van der Waals surface area (Å²) in [5.74, 6) is -0.550. The highest BCUT2D eigenvalue weighted by Gasteiger charge is 2.16. The highest BCUT2D eigenvalue weighted by molar-refractivity contribution is 5.98. The van der Waals surface area contributed by atoms with Crippen LogP contribution in [0.15, 0.2) is 54.6 Å². The molecule has 2 aromatic rings. The minimum Gasteiger partial charge on any atom is -0.456 e. The molecule has 1 fully saturated rings. The molecule has 0 atom stereocenters. The molecular formula is C24H27NO4. The number of hydrogen-bond donors (Lipinski definition) is 1. The summed E-state index contributed by atoms with van der Waals surface area (Å²) in [5, 5.41) is 2.51. The highest BCUT2D eigenvalue weighted by Crippen LogP contribution is 2.32. The van der Waals surface area contributed by atoms with Crippen molar-refractivity contribution in [3.8, 4) is 0 Å². The molecule has 1 saturated carbocycles. The van der Waals surface area contributed by atoms with Crippen LogP contribution in [0.5, 0.6) is 0 Å². The maximum absolute atomic E-state index is 12.3. The Bertz CT molecular complexity index is 824. The van der Waals surface area contributed by atoms with E-state index in [1.54, 1.807) is 0 Å². The summed E-state index contributed by atoms with van der Waals surface area (Å²) >= 11 is 0. The van der Waals surface area contributed by atoms with Gasteiger partial charge in [0.05, 0.1) is 6.42 Å². The first kappa shape index (κ1) is 20.8. The van der Waals surface area contributed by atoms with Crippen LogP contribution in [0, 0.1) is 0 Å². The molecule has 0 aromatic heterocycles. The Morgan fingerprint density at radius 1 is 0.897 bits per heavy atom. The lowest BCUT2D eigenvalue weighted by molar-refractivity contribution is -0.142. The van der Waals surface area contributed by atoms with E-state index in [9.17, 15) is 14.4 Å². The summed E-state index contributed by atoms with van der Waals surface area (Å²) < 4.78 is 5.00. The van der Waals surface area contributed by atoms with Gasteiger partial charge in [-0.05, 0) is 29.9 Å². The molecule has 5 nitrogen and oxygen atoms in total. The van der Waals surface area contributed by atoms with Crippen LogP contribution in [-0.4, -0.2) is 30.8 Å². The number of carbonyl (C=O) groups is 3. The number of nitrogens with one attached hydrogen (secondary N) is 1. The molecule has 152 valence electrons. The standard InChI is InChI=1S/C24H27NO4/c26-22(21-13-11-20(12-14-21)19-9-5-2-6-10-19)17-29-24(28)16-25-23(27)15-18-7-3-1-4-8-18/h1,3-4,7-8,11-14,19H,2,5-6,9-10,15-17H2,(H,25,27).